The summed E-state index contributed by atoms with van der Waals surface area (Å²) in [5.74, 6) is -0.328. The second kappa shape index (κ2) is 6.95. The molecule has 0 saturated heterocycles. The Bertz CT molecular complexity index is 709. The van der Waals surface area contributed by atoms with Gasteiger partial charge in [0.15, 0.2) is 0 Å². The van der Waals surface area contributed by atoms with Crippen molar-refractivity contribution in [2.24, 2.45) is 0 Å². The summed E-state index contributed by atoms with van der Waals surface area (Å²) in [7, 11) is 0. The van der Waals surface area contributed by atoms with Crippen molar-refractivity contribution in [2.45, 2.75) is 51.4 Å². The van der Waals surface area contributed by atoms with Crippen LogP contribution in [0.1, 0.15) is 64.7 Å². The second-order valence-corrected chi connectivity index (χ2v) is 6.35. The van der Waals surface area contributed by atoms with E-state index in [2.05, 4.69) is 30.1 Å². The van der Waals surface area contributed by atoms with Crippen molar-refractivity contribution >= 4 is 5.97 Å². The molecule has 0 saturated carbocycles. The predicted molar refractivity (Wildman–Crippen MR) is 91.0 cm³/mol. The van der Waals surface area contributed by atoms with Crippen LogP contribution in [0.15, 0.2) is 36.7 Å². The van der Waals surface area contributed by atoms with Gasteiger partial charge in [0.1, 0.15) is 0 Å². The van der Waals surface area contributed by atoms with Gasteiger partial charge in [-0.25, -0.2) is 4.79 Å². The predicted octanol–water partition coefficient (Wildman–Crippen LogP) is 4.39. The molecule has 1 N–H and O–H groups in total. The molecule has 0 amide bonds. The summed E-state index contributed by atoms with van der Waals surface area (Å²) in [6.07, 6.45) is 9.69. The second-order valence-electron chi connectivity index (χ2n) is 6.35. The third-order valence-electron chi connectivity index (χ3n) is 4.95. The molecule has 23 heavy (non-hydrogen) atoms. The number of carboxylic acids is 1. The molecule has 0 fully saturated rings. The number of aromatic carboxylic acids is 1. The van der Waals surface area contributed by atoms with E-state index in [0.29, 0.717) is 11.5 Å². The van der Waals surface area contributed by atoms with Gasteiger partial charge in [0.25, 0.3) is 0 Å². The fraction of sp³-hybridized carbons (Fsp3) is 0.400. The normalized spacial score (nSPS) is 16.8. The van der Waals surface area contributed by atoms with Crippen LogP contribution in [0.5, 0.6) is 0 Å². The average molecular weight is 309 g/mol. The molecule has 1 atom stereocenters. The molecule has 1 heterocycles. The fourth-order valence-electron chi connectivity index (χ4n) is 3.65. The summed E-state index contributed by atoms with van der Waals surface area (Å²) in [6.45, 7) is 2.19. The maximum Gasteiger partial charge on any atom is 0.336 e. The smallest absolute Gasteiger partial charge is 0.336 e. The zero-order chi connectivity index (χ0) is 16.2. The van der Waals surface area contributed by atoms with Gasteiger partial charge in [-0.05, 0) is 72.8 Å². The minimum absolute atomic E-state index is 0.386. The van der Waals surface area contributed by atoms with E-state index < -0.39 is 5.97 Å². The quantitative estimate of drug-likeness (QED) is 0.891. The molecule has 3 heteroatoms. The average Bonchev–Trinajstić information content (AvgIpc) is 2.59. The van der Waals surface area contributed by atoms with Crippen molar-refractivity contribution in [3.8, 4) is 0 Å². The van der Waals surface area contributed by atoms with Crippen LogP contribution in [0.4, 0.5) is 0 Å². The number of rotatable bonds is 5. The van der Waals surface area contributed by atoms with Crippen molar-refractivity contribution in [1.82, 2.24) is 4.98 Å². The fourth-order valence-corrected chi connectivity index (χ4v) is 3.65. The van der Waals surface area contributed by atoms with E-state index in [1.165, 1.54) is 36.0 Å². The van der Waals surface area contributed by atoms with Crippen LogP contribution < -0.4 is 0 Å². The first-order valence-electron chi connectivity index (χ1n) is 8.47. The Kier molecular flexibility index (Phi) is 4.75. The highest BCUT2D eigenvalue weighted by molar-refractivity contribution is 5.89. The van der Waals surface area contributed by atoms with Crippen LogP contribution in [0.25, 0.3) is 0 Å². The number of benzene rings is 1. The monoisotopic (exact) mass is 309 g/mol. The van der Waals surface area contributed by atoms with Gasteiger partial charge in [-0.3, -0.25) is 4.98 Å². The van der Waals surface area contributed by atoms with Crippen molar-refractivity contribution < 1.29 is 9.90 Å². The van der Waals surface area contributed by atoms with E-state index in [1.807, 2.05) is 0 Å². The summed E-state index contributed by atoms with van der Waals surface area (Å²) >= 11 is 0. The molecular weight excluding hydrogens is 286 g/mol. The maximum atomic E-state index is 11.3. The Morgan fingerprint density at radius 3 is 3.00 bits per heavy atom. The molecule has 0 unspecified atom stereocenters. The Balaban J connectivity index is 1.77. The van der Waals surface area contributed by atoms with Gasteiger partial charge in [-0.2, -0.15) is 0 Å². The lowest BCUT2D eigenvalue weighted by Gasteiger charge is -2.26. The number of carboxylic acid groups (broad SMARTS) is 1. The number of aromatic nitrogens is 1. The summed E-state index contributed by atoms with van der Waals surface area (Å²) in [5.41, 5.74) is 5.60. The standard InChI is InChI=1S/C20H23NO2/c1-2-14-6-9-18-15(4-3-5-16(18)12-14)7-8-17-13-21-11-10-19(17)20(22)23/h6,9-13,15H,2-5,7-8H2,1H3,(H,22,23)/t15-/m0/s1. The van der Waals surface area contributed by atoms with E-state index in [9.17, 15) is 9.90 Å². The van der Waals surface area contributed by atoms with E-state index in [4.69, 9.17) is 0 Å². The molecule has 3 nitrogen and oxygen atoms in total. The van der Waals surface area contributed by atoms with Crippen LogP contribution in [0, 0.1) is 0 Å². The third kappa shape index (κ3) is 3.44. The number of pyridine rings is 1. The maximum absolute atomic E-state index is 11.3. The van der Waals surface area contributed by atoms with Gasteiger partial charge in [-0.15, -0.1) is 0 Å². The van der Waals surface area contributed by atoms with Crippen molar-refractivity contribution in [2.75, 3.05) is 0 Å². The Morgan fingerprint density at radius 1 is 1.35 bits per heavy atom. The molecule has 120 valence electrons. The Morgan fingerprint density at radius 2 is 2.22 bits per heavy atom. The first-order valence-corrected chi connectivity index (χ1v) is 8.47. The van der Waals surface area contributed by atoms with Crippen LogP contribution >= 0.6 is 0 Å². The molecule has 0 spiro atoms. The van der Waals surface area contributed by atoms with Gasteiger partial charge in [0, 0.05) is 12.4 Å². The van der Waals surface area contributed by atoms with Crippen LogP contribution in [-0.2, 0) is 19.3 Å². The molecule has 0 radical (unpaired) electrons. The first kappa shape index (κ1) is 15.7. The zero-order valence-corrected chi connectivity index (χ0v) is 13.6. The highest BCUT2D eigenvalue weighted by Gasteiger charge is 2.21. The number of hydrogen-bond donors (Lipinski definition) is 1. The van der Waals surface area contributed by atoms with Crippen molar-refractivity contribution in [1.29, 1.82) is 0 Å². The highest BCUT2D eigenvalue weighted by atomic mass is 16.4. The van der Waals surface area contributed by atoms with Gasteiger partial charge >= 0.3 is 5.97 Å². The third-order valence-corrected chi connectivity index (χ3v) is 4.95. The van der Waals surface area contributed by atoms with Crippen molar-refractivity contribution in [3.05, 3.63) is 64.5 Å². The van der Waals surface area contributed by atoms with E-state index >= 15 is 0 Å². The lowest BCUT2D eigenvalue weighted by Crippen LogP contribution is -2.12. The number of aryl methyl sites for hydroxylation is 3. The molecule has 2 aromatic rings. The Labute approximate surface area is 137 Å². The molecular formula is C20H23NO2. The van der Waals surface area contributed by atoms with Crippen LogP contribution in [0.2, 0.25) is 0 Å². The van der Waals surface area contributed by atoms with Gasteiger partial charge in [0.05, 0.1) is 5.56 Å². The lowest BCUT2D eigenvalue weighted by atomic mass is 9.79. The number of nitrogens with zero attached hydrogens (tertiary/aromatic N) is 1. The molecule has 1 aromatic carbocycles. The van der Waals surface area contributed by atoms with Gasteiger partial charge in [-0.1, -0.05) is 25.1 Å². The number of fused-ring (bicyclic) bond motifs is 1. The summed E-state index contributed by atoms with van der Waals surface area (Å²) in [5, 5.41) is 9.29. The first-order chi connectivity index (χ1) is 11.2. The van der Waals surface area contributed by atoms with Crippen LogP contribution in [-0.4, -0.2) is 16.1 Å². The van der Waals surface area contributed by atoms with Gasteiger partial charge in [0.2, 0.25) is 0 Å². The zero-order valence-electron chi connectivity index (χ0n) is 13.6. The molecule has 1 aromatic heterocycles. The SMILES string of the molecule is CCc1ccc2c(c1)CCC[C@H]2CCc1cnccc1C(=O)O. The summed E-state index contributed by atoms with van der Waals surface area (Å²) < 4.78 is 0. The highest BCUT2D eigenvalue weighted by Crippen LogP contribution is 2.35. The number of carbonyl (C=O) groups is 1. The molecule has 1 aliphatic rings. The summed E-state index contributed by atoms with van der Waals surface area (Å²) in [4.78, 5) is 15.4. The van der Waals surface area contributed by atoms with Gasteiger partial charge < -0.3 is 5.11 Å². The minimum Gasteiger partial charge on any atom is -0.478 e. The molecule has 1 aliphatic carbocycles. The Hall–Kier alpha value is -2.16. The molecule has 0 bridgehead atoms. The van der Waals surface area contributed by atoms with Crippen molar-refractivity contribution in [3.63, 3.8) is 0 Å². The van der Waals surface area contributed by atoms with E-state index in [0.717, 1.165) is 24.8 Å². The molecule has 3 rings (SSSR count). The van der Waals surface area contributed by atoms with Crippen LogP contribution in [0.3, 0.4) is 0 Å². The van der Waals surface area contributed by atoms with E-state index in [-0.39, 0.29) is 0 Å². The summed E-state index contributed by atoms with van der Waals surface area (Å²) in [6, 6.07) is 8.48. The number of hydrogen-bond acceptors (Lipinski definition) is 2. The van der Waals surface area contributed by atoms with E-state index in [1.54, 1.807) is 18.5 Å². The topological polar surface area (TPSA) is 50.2 Å². The largest absolute Gasteiger partial charge is 0.478 e. The lowest BCUT2D eigenvalue weighted by molar-refractivity contribution is 0.0695. The molecule has 0 aliphatic heterocycles. The minimum atomic E-state index is -0.862.